The van der Waals surface area contributed by atoms with Crippen molar-refractivity contribution in [3.05, 3.63) is 41.7 Å². The Labute approximate surface area is 133 Å². The Hall–Kier alpha value is -2.41. The maximum Gasteiger partial charge on any atom is 0.253 e. The Morgan fingerprint density at radius 1 is 1.35 bits per heavy atom. The Kier molecular flexibility index (Phi) is 3.49. The summed E-state index contributed by atoms with van der Waals surface area (Å²) < 4.78 is 12.9. The van der Waals surface area contributed by atoms with Crippen LogP contribution in [0.2, 0.25) is 0 Å². The van der Waals surface area contributed by atoms with E-state index in [-0.39, 0.29) is 18.1 Å². The third kappa shape index (κ3) is 2.46. The van der Waals surface area contributed by atoms with Gasteiger partial charge in [0.1, 0.15) is 5.75 Å². The number of piperidine rings is 1. The van der Waals surface area contributed by atoms with Gasteiger partial charge in [-0.25, -0.2) is 4.68 Å². The molecule has 120 valence electrons. The summed E-state index contributed by atoms with van der Waals surface area (Å²) in [7, 11) is 1.61. The van der Waals surface area contributed by atoms with Crippen molar-refractivity contribution in [1.82, 2.24) is 19.9 Å². The van der Waals surface area contributed by atoms with Crippen LogP contribution in [0.25, 0.3) is 0 Å². The molecule has 0 aliphatic carbocycles. The summed E-state index contributed by atoms with van der Waals surface area (Å²) in [6.07, 6.45) is 2.64. The van der Waals surface area contributed by atoms with Crippen molar-refractivity contribution >= 4 is 5.91 Å². The normalized spacial score (nSPS) is 23.1. The van der Waals surface area contributed by atoms with Crippen molar-refractivity contribution in [2.75, 3.05) is 20.2 Å². The van der Waals surface area contributed by atoms with E-state index in [0.29, 0.717) is 25.3 Å². The van der Waals surface area contributed by atoms with Gasteiger partial charge >= 0.3 is 0 Å². The number of carbonyl (C=O) groups excluding carboxylic acids is 1. The molecule has 0 spiro atoms. The zero-order valence-electron chi connectivity index (χ0n) is 12.9. The molecule has 4 rings (SSSR count). The second-order valence-corrected chi connectivity index (χ2v) is 5.86. The molecule has 1 aromatic heterocycles. The number of aromatic nitrogens is 3. The van der Waals surface area contributed by atoms with Crippen molar-refractivity contribution in [1.29, 1.82) is 0 Å². The van der Waals surface area contributed by atoms with E-state index in [0.717, 1.165) is 17.9 Å². The van der Waals surface area contributed by atoms with Gasteiger partial charge in [0.2, 0.25) is 0 Å². The molecule has 1 aromatic carbocycles. The maximum atomic E-state index is 12.7. The zero-order valence-corrected chi connectivity index (χ0v) is 12.9. The van der Waals surface area contributed by atoms with Gasteiger partial charge < -0.3 is 14.4 Å². The molecule has 2 atom stereocenters. The first-order chi connectivity index (χ1) is 11.3. The molecule has 3 heterocycles. The summed E-state index contributed by atoms with van der Waals surface area (Å²) in [4.78, 5) is 14.6. The van der Waals surface area contributed by atoms with Gasteiger partial charge in [0.25, 0.3) is 5.91 Å². The number of hydrogen-bond acceptors (Lipinski definition) is 5. The quantitative estimate of drug-likeness (QED) is 0.835. The van der Waals surface area contributed by atoms with Gasteiger partial charge in [-0.05, 0) is 30.7 Å². The second kappa shape index (κ2) is 5.66. The van der Waals surface area contributed by atoms with Crippen LogP contribution in [0.1, 0.15) is 28.5 Å². The maximum absolute atomic E-state index is 12.7. The van der Waals surface area contributed by atoms with Crippen LogP contribution in [0.4, 0.5) is 0 Å². The topological polar surface area (TPSA) is 69.5 Å². The van der Waals surface area contributed by atoms with E-state index in [2.05, 4.69) is 10.3 Å². The zero-order chi connectivity index (χ0) is 15.8. The van der Waals surface area contributed by atoms with Gasteiger partial charge in [0.15, 0.2) is 0 Å². The standard InChI is InChI=1S/C16H18N4O3/c1-22-13-4-2-11(3-5-13)16(21)19-7-6-15-14(9-19)20-12(10-23-15)8-17-18-20/h2-5,8,14-15H,6-7,9-10H2,1H3/t14-,15-/m1/s1. The highest BCUT2D eigenvalue weighted by molar-refractivity contribution is 5.94. The van der Waals surface area contributed by atoms with Crippen LogP contribution in [0.5, 0.6) is 5.75 Å². The monoisotopic (exact) mass is 314 g/mol. The fourth-order valence-corrected chi connectivity index (χ4v) is 3.28. The van der Waals surface area contributed by atoms with Crippen molar-refractivity contribution in [2.24, 2.45) is 0 Å². The Bertz CT molecular complexity index is 712. The minimum absolute atomic E-state index is 0.0262. The lowest BCUT2D eigenvalue weighted by atomic mass is 9.99. The van der Waals surface area contributed by atoms with Crippen LogP contribution in [0.3, 0.4) is 0 Å². The first-order valence-corrected chi connectivity index (χ1v) is 7.70. The number of methoxy groups -OCH3 is 1. The molecular formula is C16H18N4O3. The Morgan fingerprint density at radius 2 is 2.17 bits per heavy atom. The second-order valence-electron chi connectivity index (χ2n) is 5.86. The van der Waals surface area contributed by atoms with Gasteiger partial charge in [0, 0.05) is 18.7 Å². The first-order valence-electron chi connectivity index (χ1n) is 7.70. The SMILES string of the molecule is COc1ccc(C(=O)N2CC[C@H]3OCc4cnnn4[C@@H]3C2)cc1. The highest BCUT2D eigenvalue weighted by Gasteiger charge is 2.37. The Morgan fingerprint density at radius 3 is 2.96 bits per heavy atom. The molecule has 0 N–H and O–H groups in total. The summed E-state index contributed by atoms with van der Waals surface area (Å²) in [6.45, 7) is 1.82. The molecule has 2 aliphatic rings. The number of rotatable bonds is 2. The van der Waals surface area contributed by atoms with Gasteiger partial charge in [-0.2, -0.15) is 0 Å². The average molecular weight is 314 g/mol. The van der Waals surface area contributed by atoms with Gasteiger partial charge in [-0.3, -0.25) is 4.79 Å². The number of nitrogens with zero attached hydrogens (tertiary/aromatic N) is 4. The van der Waals surface area contributed by atoms with Gasteiger partial charge in [-0.1, -0.05) is 5.21 Å². The van der Waals surface area contributed by atoms with Crippen molar-refractivity contribution in [2.45, 2.75) is 25.2 Å². The van der Waals surface area contributed by atoms with E-state index in [4.69, 9.17) is 9.47 Å². The number of benzene rings is 1. The number of ether oxygens (including phenoxy) is 2. The Balaban J connectivity index is 1.54. The van der Waals surface area contributed by atoms with E-state index in [1.807, 2.05) is 9.58 Å². The van der Waals surface area contributed by atoms with E-state index >= 15 is 0 Å². The summed E-state index contributed by atoms with van der Waals surface area (Å²) >= 11 is 0. The lowest BCUT2D eigenvalue weighted by Crippen LogP contribution is -2.49. The predicted molar refractivity (Wildman–Crippen MR) is 81.2 cm³/mol. The molecular weight excluding hydrogens is 296 g/mol. The van der Waals surface area contributed by atoms with Crippen molar-refractivity contribution in [3.8, 4) is 5.75 Å². The molecule has 7 heteroatoms. The number of fused-ring (bicyclic) bond motifs is 3. The first kappa shape index (κ1) is 14.2. The van der Waals surface area contributed by atoms with Crippen LogP contribution < -0.4 is 4.74 Å². The molecule has 0 saturated carbocycles. The van der Waals surface area contributed by atoms with Gasteiger partial charge in [-0.15, -0.1) is 5.10 Å². The highest BCUT2D eigenvalue weighted by Crippen LogP contribution is 2.30. The molecule has 23 heavy (non-hydrogen) atoms. The number of likely N-dealkylation sites (tertiary alicyclic amines) is 1. The van der Waals surface area contributed by atoms with Crippen LogP contribution >= 0.6 is 0 Å². The lowest BCUT2D eigenvalue weighted by molar-refractivity contribution is -0.0605. The minimum Gasteiger partial charge on any atom is -0.497 e. The predicted octanol–water partition coefficient (Wildman–Crippen LogP) is 1.27. The number of hydrogen-bond donors (Lipinski definition) is 0. The van der Waals surface area contributed by atoms with Crippen LogP contribution in [0.15, 0.2) is 30.5 Å². The summed E-state index contributed by atoms with van der Waals surface area (Å²) in [5.41, 5.74) is 1.63. The largest absolute Gasteiger partial charge is 0.497 e. The molecule has 2 aromatic rings. The number of amides is 1. The van der Waals surface area contributed by atoms with Crippen molar-refractivity contribution in [3.63, 3.8) is 0 Å². The minimum atomic E-state index is 0.0262. The van der Waals surface area contributed by atoms with Crippen molar-refractivity contribution < 1.29 is 14.3 Å². The average Bonchev–Trinajstić information content (AvgIpc) is 3.10. The van der Waals surface area contributed by atoms with Crippen LogP contribution in [-0.4, -0.2) is 52.1 Å². The lowest BCUT2D eigenvalue weighted by Gasteiger charge is -2.41. The molecule has 1 fully saturated rings. The number of carbonyl (C=O) groups is 1. The molecule has 2 aliphatic heterocycles. The van der Waals surface area contributed by atoms with Gasteiger partial charge in [0.05, 0.1) is 37.8 Å². The molecule has 0 unspecified atom stereocenters. The molecule has 0 bridgehead atoms. The summed E-state index contributed by atoms with van der Waals surface area (Å²) in [5.74, 6) is 0.770. The van der Waals surface area contributed by atoms with E-state index in [1.165, 1.54) is 0 Å². The molecule has 0 radical (unpaired) electrons. The van der Waals surface area contributed by atoms with E-state index in [9.17, 15) is 4.79 Å². The molecule has 1 saturated heterocycles. The summed E-state index contributed by atoms with van der Waals surface area (Å²) in [6, 6.07) is 7.24. The fraction of sp³-hybridized carbons (Fsp3) is 0.438. The third-order valence-electron chi connectivity index (χ3n) is 4.55. The molecule has 7 nitrogen and oxygen atoms in total. The third-order valence-corrected chi connectivity index (χ3v) is 4.55. The van der Waals surface area contributed by atoms with Crippen LogP contribution in [-0.2, 0) is 11.3 Å². The van der Waals surface area contributed by atoms with Crippen LogP contribution in [0, 0.1) is 0 Å². The van der Waals surface area contributed by atoms with E-state index < -0.39 is 0 Å². The highest BCUT2D eigenvalue weighted by atomic mass is 16.5. The molecule has 1 amide bonds. The van der Waals surface area contributed by atoms with E-state index in [1.54, 1.807) is 37.6 Å². The fourth-order valence-electron chi connectivity index (χ4n) is 3.28. The smallest absolute Gasteiger partial charge is 0.253 e. The summed E-state index contributed by atoms with van der Waals surface area (Å²) in [5, 5.41) is 8.12.